The smallest absolute Gasteiger partial charge is 0.291 e. The fourth-order valence-corrected chi connectivity index (χ4v) is 3.04. The average molecular weight is 455 g/mol. The van der Waals surface area contributed by atoms with Crippen molar-refractivity contribution in [2.24, 2.45) is 0 Å². The average Bonchev–Trinajstić information content (AvgIpc) is 3.39. The van der Waals surface area contributed by atoms with E-state index in [-0.39, 0.29) is 30.1 Å². The number of hydrogen-bond donors (Lipinski definition) is 3. The number of hydrogen-bond acceptors (Lipinski definition) is 5. The number of rotatable bonds is 8. The quantitative estimate of drug-likeness (QED) is 0.354. The SMILES string of the molecule is O=C(COc1cccc(NC(=O)c2ccc(NC(=O)c3ccco3)cc2)c1)Nc1ccccc1. The van der Waals surface area contributed by atoms with E-state index in [9.17, 15) is 14.4 Å². The number of anilines is 3. The van der Waals surface area contributed by atoms with Crippen LogP contribution in [0.25, 0.3) is 0 Å². The molecule has 170 valence electrons. The van der Waals surface area contributed by atoms with Crippen molar-refractivity contribution in [3.05, 3.63) is 109 Å². The van der Waals surface area contributed by atoms with Gasteiger partial charge < -0.3 is 25.1 Å². The highest BCUT2D eigenvalue weighted by molar-refractivity contribution is 6.05. The van der Waals surface area contributed by atoms with Gasteiger partial charge in [0.15, 0.2) is 12.4 Å². The lowest BCUT2D eigenvalue weighted by atomic mass is 10.2. The Kier molecular flexibility index (Phi) is 7.00. The largest absolute Gasteiger partial charge is 0.484 e. The molecular formula is C26H21N3O5. The third-order valence-electron chi connectivity index (χ3n) is 4.67. The van der Waals surface area contributed by atoms with Gasteiger partial charge >= 0.3 is 0 Å². The molecule has 0 aliphatic heterocycles. The first-order valence-electron chi connectivity index (χ1n) is 10.4. The maximum atomic E-state index is 12.6. The van der Waals surface area contributed by atoms with Gasteiger partial charge in [0, 0.05) is 28.7 Å². The molecule has 0 saturated heterocycles. The van der Waals surface area contributed by atoms with Crippen molar-refractivity contribution in [2.45, 2.75) is 0 Å². The van der Waals surface area contributed by atoms with Crippen LogP contribution in [-0.4, -0.2) is 24.3 Å². The van der Waals surface area contributed by atoms with Crippen LogP contribution in [0.3, 0.4) is 0 Å². The zero-order valence-electron chi connectivity index (χ0n) is 18.0. The van der Waals surface area contributed by atoms with Gasteiger partial charge in [-0.1, -0.05) is 24.3 Å². The summed E-state index contributed by atoms with van der Waals surface area (Å²) >= 11 is 0. The molecule has 0 fully saturated rings. The van der Waals surface area contributed by atoms with Crippen molar-refractivity contribution in [2.75, 3.05) is 22.6 Å². The summed E-state index contributed by atoms with van der Waals surface area (Å²) in [5.74, 6) is -0.363. The summed E-state index contributed by atoms with van der Waals surface area (Å²) in [6.07, 6.45) is 1.42. The molecule has 8 nitrogen and oxygen atoms in total. The molecule has 34 heavy (non-hydrogen) atoms. The molecule has 8 heteroatoms. The van der Waals surface area contributed by atoms with Crippen molar-refractivity contribution in [3.63, 3.8) is 0 Å². The van der Waals surface area contributed by atoms with Crippen LogP contribution < -0.4 is 20.7 Å². The third kappa shape index (κ3) is 6.10. The number of nitrogens with one attached hydrogen (secondary N) is 3. The maximum absolute atomic E-state index is 12.6. The fourth-order valence-electron chi connectivity index (χ4n) is 3.04. The van der Waals surface area contributed by atoms with Gasteiger partial charge in [0.05, 0.1) is 6.26 Å². The Morgan fingerprint density at radius 3 is 2.12 bits per heavy atom. The summed E-state index contributed by atoms with van der Waals surface area (Å²) < 4.78 is 10.6. The van der Waals surface area contributed by atoms with Gasteiger partial charge in [-0.05, 0) is 60.7 Å². The molecule has 0 unspecified atom stereocenters. The van der Waals surface area contributed by atoms with Crippen molar-refractivity contribution in [1.29, 1.82) is 0 Å². The van der Waals surface area contributed by atoms with Gasteiger partial charge in [-0.15, -0.1) is 0 Å². The molecular weight excluding hydrogens is 434 g/mol. The minimum absolute atomic E-state index is 0.169. The molecule has 0 atom stereocenters. The molecule has 0 bridgehead atoms. The molecule has 3 amide bonds. The van der Waals surface area contributed by atoms with Crippen LogP contribution in [0.2, 0.25) is 0 Å². The second-order valence-electron chi connectivity index (χ2n) is 7.19. The summed E-state index contributed by atoms with van der Waals surface area (Å²) in [5, 5.41) is 8.22. The summed E-state index contributed by atoms with van der Waals surface area (Å²) in [4.78, 5) is 36.7. The van der Waals surface area contributed by atoms with Gasteiger partial charge in [0.2, 0.25) is 0 Å². The van der Waals surface area contributed by atoms with Gasteiger partial charge in [-0.3, -0.25) is 14.4 Å². The molecule has 0 saturated carbocycles. The van der Waals surface area contributed by atoms with Gasteiger partial charge in [-0.2, -0.15) is 0 Å². The van der Waals surface area contributed by atoms with E-state index >= 15 is 0 Å². The molecule has 0 aliphatic rings. The van der Waals surface area contributed by atoms with Crippen LogP contribution in [0, 0.1) is 0 Å². The summed E-state index contributed by atoms with van der Waals surface area (Å²) in [5.41, 5.74) is 2.14. The molecule has 1 aromatic heterocycles. The zero-order chi connectivity index (χ0) is 23.8. The lowest BCUT2D eigenvalue weighted by molar-refractivity contribution is -0.118. The van der Waals surface area contributed by atoms with Crippen LogP contribution in [0.5, 0.6) is 5.75 Å². The van der Waals surface area contributed by atoms with E-state index < -0.39 is 0 Å². The van der Waals surface area contributed by atoms with Crippen molar-refractivity contribution >= 4 is 34.8 Å². The zero-order valence-corrected chi connectivity index (χ0v) is 18.0. The highest BCUT2D eigenvalue weighted by atomic mass is 16.5. The Morgan fingerprint density at radius 2 is 1.38 bits per heavy atom. The molecule has 1 heterocycles. The van der Waals surface area contributed by atoms with E-state index in [2.05, 4.69) is 16.0 Å². The normalized spacial score (nSPS) is 10.2. The minimum atomic E-state index is -0.378. The lowest BCUT2D eigenvalue weighted by Crippen LogP contribution is -2.20. The number of benzene rings is 3. The van der Waals surface area contributed by atoms with E-state index in [4.69, 9.17) is 9.15 Å². The Morgan fingerprint density at radius 1 is 0.676 bits per heavy atom. The molecule has 0 spiro atoms. The van der Waals surface area contributed by atoms with Crippen LogP contribution in [0.4, 0.5) is 17.1 Å². The Bertz CT molecular complexity index is 1270. The summed E-state index contributed by atoms with van der Waals surface area (Å²) in [7, 11) is 0. The standard InChI is InChI=1S/C26H21N3O5/c30-24(27-19-6-2-1-3-7-19)17-34-22-9-4-8-21(16-22)29-25(31)18-11-13-20(14-12-18)28-26(32)23-10-5-15-33-23/h1-16H,17H2,(H,27,30)(H,28,32)(H,29,31). The number of carbonyl (C=O) groups is 3. The van der Waals surface area contributed by atoms with Crippen LogP contribution >= 0.6 is 0 Å². The van der Waals surface area contributed by atoms with Crippen LogP contribution in [0.1, 0.15) is 20.9 Å². The number of carbonyl (C=O) groups excluding carboxylic acids is 3. The number of furan rings is 1. The van der Waals surface area contributed by atoms with E-state index in [1.807, 2.05) is 18.2 Å². The van der Waals surface area contributed by atoms with Crippen LogP contribution in [-0.2, 0) is 4.79 Å². The molecule has 0 radical (unpaired) electrons. The predicted octanol–water partition coefficient (Wildman–Crippen LogP) is 4.80. The first-order chi connectivity index (χ1) is 16.6. The molecule has 3 N–H and O–H groups in total. The summed E-state index contributed by atoms with van der Waals surface area (Å²) in [6.45, 7) is -0.169. The molecule has 3 aromatic carbocycles. The number of amides is 3. The first-order valence-corrected chi connectivity index (χ1v) is 10.4. The third-order valence-corrected chi connectivity index (χ3v) is 4.67. The fraction of sp³-hybridized carbons (Fsp3) is 0.0385. The maximum Gasteiger partial charge on any atom is 0.291 e. The van der Waals surface area contributed by atoms with E-state index in [1.165, 1.54) is 6.26 Å². The highest BCUT2D eigenvalue weighted by Gasteiger charge is 2.11. The highest BCUT2D eigenvalue weighted by Crippen LogP contribution is 2.19. The van der Waals surface area contributed by atoms with Crippen molar-refractivity contribution in [1.82, 2.24) is 0 Å². The Balaban J connectivity index is 1.30. The monoisotopic (exact) mass is 455 g/mol. The molecule has 0 aliphatic carbocycles. The number of ether oxygens (including phenoxy) is 1. The Labute approximate surface area is 195 Å². The molecule has 4 aromatic rings. The lowest BCUT2D eigenvalue weighted by Gasteiger charge is -2.10. The van der Waals surface area contributed by atoms with Gasteiger partial charge in [0.1, 0.15) is 5.75 Å². The predicted molar refractivity (Wildman–Crippen MR) is 128 cm³/mol. The topological polar surface area (TPSA) is 110 Å². The van der Waals surface area contributed by atoms with Crippen molar-refractivity contribution in [3.8, 4) is 5.75 Å². The van der Waals surface area contributed by atoms with E-state index in [0.29, 0.717) is 28.4 Å². The minimum Gasteiger partial charge on any atom is -0.484 e. The second kappa shape index (κ2) is 10.6. The Hall–Kier alpha value is -4.85. The van der Waals surface area contributed by atoms with Gasteiger partial charge in [0.25, 0.3) is 17.7 Å². The van der Waals surface area contributed by atoms with Gasteiger partial charge in [-0.25, -0.2) is 0 Å². The molecule has 4 rings (SSSR count). The number of para-hydroxylation sites is 1. The first kappa shape index (κ1) is 22.3. The summed E-state index contributed by atoms with van der Waals surface area (Å²) in [6, 6.07) is 25.5. The second-order valence-corrected chi connectivity index (χ2v) is 7.19. The van der Waals surface area contributed by atoms with Crippen LogP contribution in [0.15, 0.2) is 102 Å². The van der Waals surface area contributed by atoms with E-state index in [1.54, 1.807) is 72.8 Å². The van der Waals surface area contributed by atoms with Crippen molar-refractivity contribution < 1.29 is 23.5 Å². The van der Waals surface area contributed by atoms with E-state index in [0.717, 1.165) is 0 Å².